The summed E-state index contributed by atoms with van der Waals surface area (Å²) in [6.45, 7) is 15.0. The largest absolute Gasteiger partial charge is 0.296 e. The van der Waals surface area contributed by atoms with E-state index in [1.165, 1.54) is 34.2 Å². The first-order valence-electron chi connectivity index (χ1n) is 15.6. The molecular formula is C40H56N+. The van der Waals surface area contributed by atoms with Gasteiger partial charge in [0.2, 0.25) is 0 Å². The van der Waals surface area contributed by atoms with Crippen molar-refractivity contribution in [2.24, 2.45) is 0 Å². The molecule has 0 N–H and O–H groups in total. The summed E-state index contributed by atoms with van der Waals surface area (Å²) in [4.78, 5) is 0. The van der Waals surface area contributed by atoms with E-state index >= 15 is 0 Å². The molecule has 1 heteroatoms. The molecule has 0 amide bonds. The summed E-state index contributed by atoms with van der Waals surface area (Å²) >= 11 is 0. The molecule has 0 aromatic heterocycles. The van der Waals surface area contributed by atoms with Crippen molar-refractivity contribution in [1.29, 1.82) is 0 Å². The fourth-order valence-corrected chi connectivity index (χ4v) is 5.10. The van der Waals surface area contributed by atoms with Gasteiger partial charge < -0.3 is 0 Å². The Morgan fingerprint density at radius 1 is 0.951 bits per heavy atom. The highest BCUT2D eigenvalue weighted by atomic mass is 15.3. The van der Waals surface area contributed by atoms with Crippen LogP contribution in [0.2, 0.25) is 0 Å². The Balaban J connectivity index is 0.000000407. The smallest absolute Gasteiger partial charge is 0.116 e. The molecule has 1 aliphatic carbocycles. The normalized spacial score (nSPS) is 19.0. The van der Waals surface area contributed by atoms with Crippen LogP contribution in [0, 0.1) is 12.3 Å². The van der Waals surface area contributed by atoms with Crippen molar-refractivity contribution in [1.82, 2.24) is 0 Å². The maximum absolute atomic E-state index is 5.60. The lowest BCUT2D eigenvalue weighted by Gasteiger charge is -2.33. The molecule has 0 aliphatic heterocycles. The summed E-state index contributed by atoms with van der Waals surface area (Å²) < 4.78 is 0.869. The molecule has 3 rings (SSSR count). The molecule has 0 saturated carbocycles. The zero-order valence-corrected chi connectivity index (χ0v) is 27.4. The fourth-order valence-electron chi connectivity index (χ4n) is 5.10. The number of terminal acetylenes is 1. The molecule has 0 spiro atoms. The molecule has 1 nitrogen and oxygen atoms in total. The SMILES string of the molecule is C#CC1/C=C\C=C/C(CC)c2ccccc21.C/C=C\C(=C/C)C/C=C\[N+](C)(C)C(C)c1ccccc1CCC.CC. The van der Waals surface area contributed by atoms with E-state index in [2.05, 4.69) is 158 Å². The summed E-state index contributed by atoms with van der Waals surface area (Å²) in [7, 11) is 4.57. The van der Waals surface area contributed by atoms with E-state index in [-0.39, 0.29) is 5.92 Å². The lowest BCUT2D eigenvalue weighted by molar-refractivity contribution is -0.869. The molecule has 3 unspecified atom stereocenters. The number of hydrogen-bond acceptors (Lipinski definition) is 0. The van der Waals surface area contributed by atoms with Gasteiger partial charge in [0.15, 0.2) is 0 Å². The van der Waals surface area contributed by atoms with Crippen molar-refractivity contribution in [3.8, 4) is 12.3 Å². The van der Waals surface area contributed by atoms with E-state index in [0.29, 0.717) is 12.0 Å². The van der Waals surface area contributed by atoms with Crippen LogP contribution in [0.25, 0.3) is 0 Å². The van der Waals surface area contributed by atoms with Crippen LogP contribution in [0.1, 0.15) is 108 Å². The summed E-state index contributed by atoms with van der Waals surface area (Å²) in [5.41, 5.74) is 6.97. The number of benzene rings is 2. The van der Waals surface area contributed by atoms with Crippen molar-refractivity contribution < 1.29 is 4.48 Å². The fraction of sp³-hybridized carbons (Fsp3) is 0.400. The zero-order valence-electron chi connectivity index (χ0n) is 27.4. The lowest BCUT2D eigenvalue weighted by Crippen LogP contribution is -2.36. The summed E-state index contributed by atoms with van der Waals surface area (Å²) in [6.07, 6.45) is 29.7. The Hall–Kier alpha value is -3.34. The summed E-state index contributed by atoms with van der Waals surface area (Å²) in [5, 5.41) is 0. The van der Waals surface area contributed by atoms with Crippen LogP contribution in [-0.2, 0) is 6.42 Å². The molecule has 0 radical (unpaired) electrons. The molecule has 1 aliphatic rings. The monoisotopic (exact) mass is 550 g/mol. The van der Waals surface area contributed by atoms with E-state index in [1.54, 1.807) is 0 Å². The van der Waals surface area contributed by atoms with Crippen LogP contribution in [-0.4, -0.2) is 18.6 Å². The van der Waals surface area contributed by atoms with Gasteiger partial charge in [0.25, 0.3) is 0 Å². The zero-order chi connectivity index (χ0) is 30.7. The summed E-state index contributed by atoms with van der Waals surface area (Å²) in [6, 6.07) is 17.8. The van der Waals surface area contributed by atoms with E-state index in [9.17, 15) is 0 Å². The molecule has 3 atom stereocenters. The van der Waals surface area contributed by atoms with Gasteiger partial charge >= 0.3 is 0 Å². The van der Waals surface area contributed by atoms with Gasteiger partial charge in [-0.2, -0.15) is 0 Å². The van der Waals surface area contributed by atoms with Crippen molar-refractivity contribution in [3.63, 3.8) is 0 Å². The predicted molar refractivity (Wildman–Crippen MR) is 184 cm³/mol. The minimum absolute atomic E-state index is 0.107. The maximum Gasteiger partial charge on any atom is 0.116 e. The van der Waals surface area contributed by atoms with Crippen molar-refractivity contribution in [2.75, 3.05) is 14.1 Å². The first kappa shape index (κ1) is 35.7. The third-order valence-corrected chi connectivity index (χ3v) is 7.73. The molecular weight excluding hydrogens is 494 g/mol. The van der Waals surface area contributed by atoms with Crippen LogP contribution in [0.3, 0.4) is 0 Å². The second-order valence-corrected chi connectivity index (χ2v) is 10.8. The van der Waals surface area contributed by atoms with Gasteiger partial charge in [0.1, 0.15) is 6.04 Å². The first-order chi connectivity index (χ1) is 19.8. The van der Waals surface area contributed by atoms with Crippen LogP contribution in [0.4, 0.5) is 0 Å². The van der Waals surface area contributed by atoms with E-state index in [1.807, 2.05) is 13.8 Å². The van der Waals surface area contributed by atoms with Gasteiger partial charge in [-0.3, -0.25) is 4.48 Å². The maximum atomic E-state index is 5.60. The van der Waals surface area contributed by atoms with Gasteiger partial charge in [0.05, 0.1) is 26.2 Å². The summed E-state index contributed by atoms with van der Waals surface area (Å²) in [5.74, 6) is 3.44. The number of hydrogen-bond donors (Lipinski definition) is 0. The van der Waals surface area contributed by atoms with Gasteiger partial charge in [-0.25, -0.2) is 0 Å². The molecule has 0 heterocycles. The second-order valence-electron chi connectivity index (χ2n) is 10.8. The van der Waals surface area contributed by atoms with Crippen LogP contribution in [0.5, 0.6) is 0 Å². The quantitative estimate of drug-likeness (QED) is 0.165. The number of allylic oxidation sites excluding steroid dienone is 9. The Kier molecular flexibility index (Phi) is 17.1. The Morgan fingerprint density at radius 2 is 1.59 bits per heavy atom. The Morgan fingerprint density at radius 3 is 2.20 bits per heavy atom. The lowest BCUT2D eigenvalue weighted by atomic mass is 9.84. The van der Waals surface area contributed by atoms with E-state index in [4.69, 9.17) is 6.42 Å². The number of rotatable bonds is 9. The van der Waals surface area contributed by atoms with Crippen LogP contribution < -0.4 is 0 Å². The van der Waals surface area contributed by atoms with Crippen LogP contribution in [0.15, 0.2) is 109 Å². The molecule has 41 heavy (non-hydrogen) atoms. The van der Waals surface area contributed by atoms with Gasteiger partial charge in [-0.1, -0.05) is 131 Å². The Bertz CT molecular complexity index is 1210. The van der Waals surface area contributed by atoms with Crippen molar-refractivity contribution in [3.05, 3.63) is 131 Å². The number of aryl methyl sites for hydroxylation is 1. The van der Waals surface area contributed by atoms with Gasteiger partial charge in [-0.15, -0.1) is 6.42 Å². The van der Waals surface area contributed by atoms with Gasteiger partial charge in [-0.05, 0) is 68.4 Å². The minimum Gasteiger partial charge on any atom is -0.296 e. The van der Waals surface area contributed by atoms with E-state index < -0.39 is 0 Å². The minimum atomic E-state index is 0.107. The number of nitrogens with zero attached hydrogens (tertiary/aromatic N) is 1. The highest BCUT2D eigenvalue weighted by Crippen LogP contribution is 2.32. The van der Waals surface area contributed by atoms with Crippen molar-refractivity contribution in [2.45, 2.75) is 92.0 Å². The van der Waals surface area contributed by atoms with E-state index in [0.717, 1.165) is 23.7 Å². The molecule has 0 fully saturated rings. The van der Waals surface area contributed by atoms with Gasteiger partial charge in [0, 0.05) is 11.5 Å². The molecule has 2 aromatic carbocycles. The molecule has 0 bridgehead atoms. The van der Waals surface area contributed by atoms with Crippen molar-refractivity contribution >= 4 is 0 Å². The molecule has 0 saturated heterocycles. The number of fused-ring (bicyclic) bond motifs is 1. The molecule has 2 aromatic rings. The third-order valence-electron chi connectivity index (χ3n) is 7.73. The molecule has 220 valence electrons. The first-order valence-corrected chi connectivity index (χ1v) is 15.6. The topological polar surface area (TPSA) is 0 Å². The standard InChI is InChI=1S/C22H34N.C16H16.C2H6/c1-7-13-20(9-3)15-12-18-23(5,6)19(4)22-17-11-10-16-21(22)14-8-2;1-3-13-9-5-6-10-14(4-2)16-12-8-7-11-15(13)16;1-2/h7,9-13,16-19H,8,14-15H2,1-6H3;1,5-14H,4H2,2H3;1-2H3/q+1;;/b13-7-,18-12-,20-9+;9-5-,10-6-;. The highest BCUT2D eigenvalue weighted by molar-refractivity contribution is 5.43. The average Bonchev–Trinajstić information content (AvgIpc) is 2.99. The van der Waals surface area contributed by atoms with Crippen LogP contribution >= 0.6 is 0 Å². The number of quaternary nitrogens is 1. The third kappa shape index (κ3) is 11.2. The predicted octanol–water partition coefficient (Wildman–Crippen LogP) is 11.3. The average molecular weight is 551 g/mol. The highest BCUT2D eigenvalue weighted by Gasteiger charge is 2.25. The Labute approximate surface area is 253 Å². The second kappa shape index (κ2) is 19.7.